The number of hydrogen-bond acceptors (Lipinski definition) is 4. The predicted molar refractivity (Wildman–Crippen MR) is 86.1 cm³/mol. The number of nitrogens with one attached hydrogen (secondary N) is 1. The van der Waals surface area contributed by atoms with Crippen molar-refractivity contribution in [1.29, 1.82) is 0 Å². The molecule has 114 valence electrons. The molecule has 1 heterocycles. The Bertz CT molecular complexity index is 560. The van der Waals surface area contributed by atoms with E-state index in [1.165, 1.54) is 0 Å². The van der Waals surface area contributed by atoms with Crippen LogP contribution in [0, 0.1) is 0 Å². The minimum Gasteiger partial charge on any atom is -0.496 e. The van der Waals surface area contributed by atoms with Crippen LogP contribution in [0.2, 0.25) is 0 Å². The number of ether oxygens (including phenoxy) is 2. The summed E-state index contributed by atoms with van der Waals surface area (Å²) in [5.41, 5.74) is 0.942. The van der Waals surface area contributed by atoms with Gasteiger partial charge in [-0.3, -0.25) is 0 Å². The molecule has 1 N–H and O–H groups in total. The Morgan fingerprint density at radius 1 is 1.14 bits per heavy atom. The molecule has 21 heavy (non-hydrogen) atoms. The smallest absolute Gasteiger partial charge is 0.169 e. The van der Waals surface area contributed by atoms with E-state index >= 15 is 0 Å². The molecular weight excluding hydrogens is 334 g/mol. The van der Waals surface area contributed by atoms with Crippen LogP contribution in [0.4, 0.5) is 0 Å². The molecule has 5 heteroatoms. The van der Waals surface area contributed by atoms with Crippen LogP contribution in [0.1, 0.15) is 30.7 Å². The van der Waals surface area contributed by atoms with Gasteiger partial charge in [0, 0.05) is 0 Å². The number of methoxy groups -OCH3 is 2. The van der Waals surface area contributed by atoms with Crippen molar-refractivity contribution in [3.05, 3.63) is 46.3 Å². The minimum atomic E-state index is -0.123. The Balaban J connectivity index is 2.50. The van der Waals surface area contributed by atoms with E-state index in [4.69, 9.17) is 13.9 Å². The van der Waals surface area contributed by atoms with Crippen LogP contribution in [-0.2, 0) is 0 Å². The summed E-state index contributed by atoms with van der Waals surface area (Å²) in [6.45, 7) is 2.99. The first kappa shape index (κ1) is 15.9. The Labute approximate surface area is 133 Å². The maximum Gasteiger partial charge on any atom is 0.169 e. The highest BCUT2D eigenvalue weighted by molar-refractivity contribution is 9.10. The lowest BCUT2D eigenvalue weighted by Crippen LogP contribution is -2.23. The summed E-state index contributed by atoms with van der Waals surface area (Å²) in [4.78, 5) is 0. The first-order chi connectivity index (χ1) is 10.2. The van der Waals surface area contributed by atoms with E-state index in [2.05, 4.69) is 28.2 Å². The van der Waals surface area contributed by atoms with Crippen LogP contribution < -0.4 is 14.8 Å². The molecule has 0 saturated carbocycles. The fourth-order valence-corrected chi connectivity index (χ4v) is 2.60. The third-order valence-corrected chi connectivity index (χ3v) is 3.66. The van der Waals surface area contributed by atoms with E-state index in [0.29, 0.717) is 4.67 Å². The molecule has 0 bridgehead atoms. The molecule has 0 radical (unpaired) electrons. The molecule has 1 unspecified atom stereocenters. The topological polar surface area (TPSA) is 43.6 Å². The predicted octanol–water partition coefficient (Wildman–Crippen LogP) is 4.15. The first-order valence-electron chi connectivity index (χ1n) is 6.90. The van der Waals surface area contributed by atoms with Gasteiger partial charge >= 0.3 is 0 Å². The van der Waals surface area contributed by atoms with Crippen molar-refractivity contribution in [3.8, 4) is 11.5 Å². The lowest BCUT2D eigenvalue weighted by molar-refractivity contribution is 0.363. The lowest BCUT2D eigenvalue weighted by Gasteiger charge is -2.21. The monoisotopic (exact) mass is 353 g/mol. The second-order valence-corrected chi connectivity index (χ2v) is 5.39. The van der Waals surface area contributed by atoms with E-state index in [1.807, 2.05) is 30.3 Å². The van der Waals surface area contributed by atoms with E-state index in [0.717, 1.165) is 35.8 Å². The minimum absolute atomic E-state index is 0.123. The quantitative estimate of drug-likeness (QED) is 0.811. The van der Waals surface area contributed by atoms with Gasteiger partial charge in [-0.05, 0) is 53.2 Å². The molecule has 0 spiro atoms. The SMILES string of the molecule is CCCNC(c1ccc(Br)o1)c1c(OC)cccc1OC. The van der Waals surface area contributed by atoms with Gasteiger partial charge in [0.05, 0.1) is 25.8 Å². The van der Waals surface area contributed by atoms with Crippen LogP contribution in [0.5, 0.6) is 11.5 Å². The number of hydrogen-bond donors (Lipinski definition) is 1. The summed E-state index contributed by atoms with van der Waals surface area (Å²) < 4.78 is 17.4. The van der Waals surface area contributed by atoms with Crippen LogP contribution in [0.25, 0.3) is 0 Å². The summed E-state index contributed by atoms with van der Waals surface area (Å²) >= 11 is 3.36. The average molecular weight is 354 g/mol. The van der Waals surface area contributed by atoms with Crippen molar-refractivity contribution >= 4 is 15.9 Å². The van der Waals surface area contributed by atoms with E-state index in [9.17, 15) is 0 Å². The molecule has 1 atom stereocenters. The van der Waals surface area contributed by atoms with Gasteiger partial charge in [-0.25, -0.2) is 0 Å². The van der Waals surface area contributed by atoms with Gasteiger partial charge in [-0.1, -0.05) is 13.0 Å². The van der Waals surface area contributed by atoms with E-state index < -0.39 is 0 Å². The molecule has 1 aromatic heterocycles. The highest BCUT2D eigenvalue weighted by Crippen LogP contribution is 2.38. The standard InChI is InChI=1S/C16H20BrNO3/c1-4-10-18-16(13-8-9-14(17)21-13)15-11(19-2)6-5-7-12(15)20-3/h5-9,16,18H,4,10H2,1-3H3. The fraction of sp³-hybridized carbons (Fsp3) is 0.375. The lowest BCUT2D eigenvalue weighted by atomic mass is 10.0. The second kappa shape index (κ2) is 7.52. The van der Waals surface area contributed by atoms with Gasteiger partial charge in [0.25, 0.3) is 0 Å². The zero-order valence-electron chi connectivity index (χ0n) is 12.5. The molecule has 4 nitrogen and oxygen atoms in total. The zero-order valence-corrected chi connectivity index (χ0v) is 14.1. The molecule has 0 fully saturated rings. The molecule has 0 aliphatic rings. The third-order valence-electron chi connectivity index (χ3n) is 3.23. The molecule has 0 saturated heterocycles. The molecule has 1 aromatic carbocycles. The van der Waals surface area contributed by atoms with Gasteiger partial charge in [0.2, 0.25) is 0 Å². The van der Waals surface area contributed by atoms with Crippen molar-refractivity contribution in [2.24, 2.45) is 0 Å². The highest BCUT2D eigenvalue weighted by Gasteiger charge is 2.24. The van der Waals surface area contributed by atoms with Gasteiger partial charge in [-0.15, -0.1) is 0 Å². The van der Waals surface area contributed by atoms with Crippen LogP contribution in [0.15, 0.2) is 39.4 Å². The normalized spacial score (nSPS) is 12.2. The van der Waals surface area contributed by atoms with E-state index in [-0.39, 0.29) is 6.04 Å². The van der Waals surface area contributed by atoms with Crippen molar-refractivity contribution in [1.82, 2.24) is 5.32 Å². The van der Waals surface area contributed by atoms with Crippen LogP contribution in [0.3, 0.4) is 0 Å². The number of halogens is 1. The summed E-state index contributed by atoms with van der Waals surface area (Å²) in [7, 11) is 3.32. The van der Waals surface area contributed by atoms with Gasteiger partial charge in [0.15, 0.2) is 4.67 Å². The van der Waals surface area contributed by atoms with Crippen LogP contribution in [-0.4, -0.2) is 20.8 Å². The molecule has 0 aliphatic carbocycles. The van der Waals surface area contributed by atoms with Crippen molar-refractivity contribution in [2.45, 2.75) is 19.4 Å². The molecular formula is C16H20BrNO3. The zero-order chi connectivity index (χ0) is 15.2. The fourth-order valence-electron chi connectivity index (χ4n) is 2.28. The Morgan fingerprint density at radius 2 is 1.81 bits per heavy atom. The molecule has 0 amide bonds. The largest absolute Gasteiger partial charge is 0.496 e. The van der Waals surface area contributed by atoms with Crippen molar-refractivity contribution in [3.63, 3.8) is 0 Å². The molecule has 2 rings (SSSR count). The summed E-state index contributed by atoms with van der Waals surface area (Å²) in [5.74, 6) is 2.36. The second-order valence-electron chi connectivity index (χ2n) is 4.61. The Hall–Kier alpha value is -1.46. The Kier molecular flexibility index (Phi) is 5.70. The number of furan rings is 1. The summed E-state index contributed by atoms with van der Waals surface area (Å²) in [6.07, 6.45) is 1.02. The van der Waals surface area contributed by atoms with Crippen molar-refractivity contribution in [2.75, 3.05) is 20.8 Å². The third kappa shape index (κ3) is 3.60. The maximum atomic E-state index is 5.74. The number of rotatable bonds is 7. The summed E-state index contributed by atoms with van der Waals surface area (Å²) in [6, 6.07) is 9.48. The van der Waals surface area contributed by atoms with Gasteiger partial charge in [-0.2, -0.15) is 0 Å². The molecule has 0 aliphatic heterocycles. The average Bonchev–Trinajstić information content (AvgIpc) is 2.94. The summed E-state index contributed by atoms with van der Waals surface area (Å²) in [5, 5.41) is 3.49. The Morgan fingerprint density at radius 3 is 2.29 bits per heavy atom. The van der Waals surface area contributed by atoms with Gasteiger partial charge < -0.3 is 19.2 Å². The van der Waals surface area contributed by atoms with Crippen molar-refractivity contribution < 1.29 is 13.9 Å². The van der Waals surface area contributed by atoms with E-state index in [1.54, 1.807) is 14.2 Å². The van der Waals surface area contributed by atoms with Crippen LogP contribution >= 0.6 is 15.9 Å². The number of benzene rings is 1. The first-order valence-corrected chi connectivity index (χ1v) is 7.70. The maximum absolute atomic E-state index is 5.74. The molecule has 2 aromatic rings. The van der Waals surface area contributed by atoms with Gasteiger partial charge in [0.1, 0.15) is 17.3 Å². The highest BCUT2D eigenvalue weighted by atomic mass is 79.9.